The van der Waals surface area contributed by atoms with E-state index in [1.54, 1.807) is 6.07 Å². The van der Waals surface area contributed by atoms with Gasteiger partial charge < -0.3 is 19.7 Å². The van der Waals surface area contributed by atoms with E-state index in [9.17, 15) is 9.59 Å². The second-order valence-corrected chi connectivity index (χ2v) is 6.50. The van der Waals surface area contributed by atoms with Crippen molar-refractivity contribution in [3.63, 3.8) is 0 Å². The summed E-state index contributed by atoms with van der Waals surface area (Å²) in [4.78, 5) is 24.0. The standard InChI is InChI=1S/C8H6Cl2O3.C7H4Cl3NO3/c9-5-1-2-7(6(10)3-5)13-4-8(11)12;8-3-1-4(9)7(11-6(3)10)14-2-5(12)13/h1-3H,4H2,(H,11,12);1H,2H2,(H,12,13). The Morgan fingerprint density at radius 3 is 2.00 bits per heavy atom. The molecule has 2 N–H and O–H groups in total. The summed E-state index contributed by atoms with van der Waals surface area (Å²) in [6.45, 7) is -0.952. The summed E-state index contributed by atoms with van der Waals surface area (Å²) < 4.78 is 9.61. The summed E-state index contributed by atoms with van der Waals surface area (Å²) in [5.74, 6) is -1.92. The Balaban J connectivity index is 0.000000271. The number of carbonyl (C=O) groups is 2. The van der Waals surface area contributed by atoms with E-state index in [-0.39, 0.29) is 21.1 Å². The molecule has 1 aromatic carbocycles. The molecule has 0 saturated carbocycles. The molecule has 0 unspecified atom stereocenters. The third kappa shape index (κ3) is 8.73. The van der Waals surface area contributed by atoms with E-state index in [4.69, 9.17) is 77.7 Å². The van der Waals surface area contributed by atoms with Crippen LogP contribution in [0.5, 0.6) is 11.6 Å². The van der Waals surface area contributed by atoms with Gasteiger partial charge in [-0.3, -0.25) is 0 Å². The number of pyridine rings is 1. The highest BCUT2D eigenvalue weighted by molar-refractivity contribution is 6.42. The number of ether oxygens (including phenoxy) is 2. The average molecular weight is 478 g/mol. The van der Waals surface area contributed by atoms with Crippen LogP contribution in [0.3, 0.4) is 0 Å². The third-order valence-electron chi connectivity index (χ3n) is 2.43. The van der Waals surface area contributed by atoms with Crippen LogP contribution in [0.4, 0.5) is 0 Å². The summed E-state index contributed by atoms with van der Waals surface area (Å²) in [5.41, 5.74) is 0. The van der Waals surface area contributed by atoms with Crippen molar-refractivity contribution in [1.29, 1.82) is 0 Å². The Kier molecular flexibility index (Phi) is 9.76. The second-order valence-electron chi connectivity index (χ2n) is 4.49. The first-order chi connectivity index (χ1) is 12.6. The summed E-state index contributed by atoms with van der Waals surface area (Å²) in [6.07, 6.45) is 0. The zero-order chi connectivity index (χ0) is 20.6. The van der Waals surface area contributed by atoms with Gasteiger partial charge in [0.05, 0.1) is 10.0 Å². The predicted molar refractivity (Wildman–Crippen MR) is 102 cm³/mol. The molecule has 2 aromatic rings. The largest absolute Gasteiger partial charge is 0.480 e. The molecule has 0 bridgehead atoms. The van der Waals surface area contributed by atoms with Gasteiger partial charge in [0.15, 0.2) is 18.4 Å². The van der Waals surface area contributed by atoms with Gasteiger partial charge in [0.2, 0.25) is 5.88 Å². The first-order valence-corrected chi connectivity index (χ1v) is 8.65. The van der Waals surface area contributed by atoms with Crippen molar-refractivity contribution in [1.82, 2.24) is 4.98 Å². The van der Waals surface area contributed by atoms with Crippen molar-refractivity contribution < 1.29 is 29.3 Å². The van der Waals surface area contributed by atoms with Crippen LogP contribution in [-0.2, 0) is 9.59 Å². The number of carboxylic acid groups (broad SMARTS) is 2. The molecular weight excluding hydrogens is 467 g/mol. The van der Waals surface area contributed by atoms with Crippen LogP contribution in [0, 0.1) is 0 Å². The van der Waals surface area contributed by atoms with Gasteiger partial charge in [-0.25, -0.2) is 9.59 Å². The van der Waals surface area contributed by atoms with Gasteiger partial charge in [-0.1, -0.05) is 58.0 Å². The van der Waals surface area contributed by atoms with Crippen LogP contribution < -0.4 is 9.47 Å². The van der Waals surface area contributed by atoms with Gasteiger partial charge >= 0.3 is 11.9 Å². The molecule has 0 radical (unpaired) electrons. The molecule has 0 saturated heterocycles. The maximum Gasteiger partial charge on any atom is 0.341 e. The lowest BCUT2D eigenvalue weighted by Crippen LogP contribution is -2.10. The van der Waals surface area contributed by atoms with Crippen LogP contribution in [0.2, 0.25) is 25.2 Å². The lowest BCUT2D eigenvalue weighted by atomic mass is 10.3. The fourth-order valence-electron chi connectivity index (χ4n) is 1.39. The molecule has 0 aliphatic rings. The molecular formula is C15H10Cl5NO6. The highest BCUT2D eigenvalue weighted by Gasteiger charge is 2.10. The minimum atomic E-state index is -1.13. The molecule has 0 aliphatic heterocycles. The quantitative estimate of drug-likeness (QED) is 0.566. The van der Waals surface area contributed by atoms with Crippen molar-refractivity contribution in [3.8, 4) is 11.6 Å². The van der Waals surface area contributed by atoms with Crippen molar-refractivity contribution in [3.05, 3.63) is 49.5 Å². The number of aromatic nitrogens is 1. The SMILES string of the molecule is O=C(O)COc1ccc(Cl)cc1Cl.O=C(O)COc1nc(Cl)c(Cl)cc1Cl. The summed E-state index contributed by atoms with van der Waals surface area (Å²) in [7, 11) is 0. The van der Waals surface area contributed by atoms with Crippen LogP contribution in [0.25, 0.3) is 0 Å². The zero-order valence-electron chi connectivity index (χ0n) is 13.1. The average Bonchev–Trinajstić information content (AvgIpc) is 2.56. The van der Waals surface area contributed by atoms with E-state index < -0.39 is 25.2 Å². The predicted octanol–water partition coefficient (Wildman–Crippen LogP) is 4.96. The van der Waals surface area contributed by atoms with E-state index in [0.717, 1.165) is 0 Å². The molecule has 1 aromatic heterocycles. The van der Waals surface area contributed by atoms with Crippen molar-refractivity contribution in [2.24, 2.45) is 0 Å². The fraction of sp³-hybridized carbons (Fsp3) is 0.133. The van der Waals surface area contributed by atoms with Crippen LogP contribution >= 0.6 is 58.0 Å². The number of hydrogen-bond acceptors (Lipinski definition) is 5. The first-order valence-electron chi connectivity index (χ1n) is 6.76. The Morgan fingerprint density at radius 2 is 1.44 bits per heavy atom. The Morgan fingerprint density at radius 1 is 0.852 bits per heavy atom. The molecule has 0 spiro atoms. The summed E-state index contributed by atoms with van der Waals surface area (Å²) >= 11 is 28.2. The van der Waals surface area contributed by atoms with E-state index in [0.29, 0.717) is 15.8 Å². The Labute approximate surface area is 178 Å². The van der Waals surface area contributed by atoms with Gasteiger partial charge in [-0.2, -0.15) is 4.98 Å². The highest BCUT2D eigenvalue weighted by atomic mass is 35.5. The van der Waals surface area contributed by atoms with Gasteiger partial charge in [-0.05, 0) is 24.3 Å². The molecule has 0 amide bonds. The Bertz CT molecular complexity index is 833. The van der Waals surface area contributed by atoms with Crippen LogP contribution in [-0.4, -0.2) is 40.3 Å². The zero-order valence-corrected chi connectivity index (χ0v) is 16.9. The molecule has 0 fully saturated rings. The number of nitrogens with zero attached hydrogens (tertiary/aromatic N) is 1. The molecule has 0 atom stereocenters. The Hall–Kier alpha value is -1.64. The molecule has 12 heteroatoms. The monoisotopic (exact) mass is 475 g/mol. The summed E-state index contributed by atoms with van der Waals surface area (Å²) in [6, 6.07) is 5.91. The third-order valence-corrected chi connectivity index (χ3v) is 3.91. The van der Waals surface area contributed by atoms with Gasteiger partial charge in [0, 0.05) is 5.02 Å². The highest BCUT2D eigenvalue weighted by Crippen LogP contribution is 2.30. The normalized spacial score (nSPS) is 9.81. The van der Waals surface area contributed by atoms with E-state index in [2.05, 4.69) is 4.98 Å². The van der Waals surface area contributed by atoms with E-state index in [1.807, 2.05) is 0 Å². The lowest BCUT2D eigenvalue weighted by Gasteiger charge is -2.05. The minimum absolute atomic E-state index is 0.0106. The van der Waals surface area contributed by atoms with E-state index in [1.165, 1.54) is 18.2 Å². The number of aliphatic carboxylic acids is 2. The maximum absolute atomic E-state index is 10.2. The molecule has 2 rings (SSSR count). The number of benzene rings is 1. The van der Waals surface area contributed by atoms with Gasteiger partial charge in [0.1, 0.15) is 10.8 Å². The van der Waals surface area contributed by atoms with Crippen molar-refractivity contribution >= 4 is 69.9 Å². The fourth-order valence-corrected chi connectivity index (χ4v) is 2.40. The minimum Gasteiger partial charge on any atom is -0.480 e. The number of carboxylic acids is 2. The molecule has 7 nitrogen and oxygen atoms in total. The van der Waals surface area contributed by atoms with Gasteiger partial charge in [0.25, 0.3) is 0 Å². The smallest absolute Gasteiger partial charge is 0.341 e. The number of hydrogen-bond donors (Lipinski definition) is 2. The molecule has 146 valence electrons. The van der Waals surface area contributed by atoms with Crippen molar-refractivity contribution in [2.75, 3.05) is 13.2 Å². The lowest BCUT2D eigenvalue weighted by molar-refractivity contribution is -0.140. The first kappa shape index (κ1) is 23.4. The van der Waals surface area contributed by atoms with Gasteiger partial charge in [-0.15, -0.1) is 0 Å². The number of rotatable bonds is 6. The summed E-state index contributed by atoms with van der Waals surface area (Å²) in [5, 5.41) is 17.7. The molecule has 0 aliphatic carbocycles. The topological polar surface area (TPSA) is 106 Å². The van der Waals surface area contributed by atoms with Crippen LogP contribution in [0.15, 0.2) is 24.3 Å². The molecule has 1 heterocycles. The van der Waals surface area contributed by atoms with Crippen LogP contribution in [0.1, 0.15) is 0 Å². The maximum atomic E-state index is 10.2. The molecule has 27 heavy (non-hydrogen) atoms. The van der Waals surface area contributed by atoms with E-state index >= 15 is 0 Å². The van der Waals surface area contributed by atoms with Crippen molar-refractivity contribution in [2.45, 2.75) is 0 Å². The second kappa shape index (κ2) is 11.3. The number of halogens is 5.